The Kier molecular flexibility index (Phi) is 5.98. The van der Waals surface area contributed by atoms with Crippen molar-refractivity contribution in [3.63, 3.8) is 0 Å². The third-order valence-corrected chi connectivity index (χ3v) is 6.83. The molecule has 1 saturated heterocycles. The molecule has 1 N–H and O–H groups in total. The van der Waals surface area contributed by atoms with Crippen molar-refractivity contribution in [2.75, 3.05) is 24.7 Å². The Balaban J connectivity index is 1.54. The maximum Gasteiger partial charge on any atom is 0.408 e. The van der Waals surface area contributed by atoms with Crippen LogP contribution < -0.4 is 5.32 Å². The number of alkyl halides is 3. The van der Waals surface area contributed by atoms with E-state index in [-0.39, 0.29) is 33.3 Å². The Morgan fingerprint density at radius 1 is 1.19 bits per heavy atom. The largest absolute Gasteiger partial charge is 0.408 e. The second-order valence-electron chi connectivity index (χ2n) is 7.33. The molecule has 0 radical (unpaired) electrons. The van der Waals surface area contributed by atoms with Crippen LogP contribution in [-0.4, -0.2) is 67.8 Å². The molecule has 4 rings (SSSR count). The number of aromatic nitrogens is 6. The molecule has 16 heteroatoms. The maximum atomic E-state index is 12.8. The average Bonchev–Trinajstić information content (AvgIpc) is 3.20. The van der Waals surface area contributed by atoms with Gasteiger partial charge >= 0.3 is 6.18 Å². The van der Waals surface area contributed by atoms with E-state index in [2.05, 4.69) is 25.5 Å². The van der Waals surface area contributed by atoms with Gasteiger partial charge in [-0.25, -0.2) is 22.4 Å². The number of fused-ring (bicyclic) bond motifs is 1. The molecule has 32 heavy (non-hydrogen) atoms. The molecule has 1 aliphatic rings. The van der Waals surface area contributed by atoms with Crippen LogP contribution in [0.5, 0.6) is 0 Å². The van der Waals surface area contributed by atoms with Crippen molar-refractivity contribution in [1.29, 1.82) is 0 Å². The van der Waals surface area contributed by atoms with E-state index in [1.807, 2.05) is 0 Å². The number of halogens is 5. The lowest BCUT2D eigenvalue weighted by Crippen LogP contribution is -2.38. The molecule has 0 aromatic carbocycles. The lowest BCUT2D eigenvalue weighted by molar-refractivity contribution is -0.141. The number of sulfonamides is 1. The highest BCUT2D eigenvalue weighted by Gasteiger charge is 2.30. The van der Waals surface area contributed by atoms with E-state index in [9.17, 15) is 21.6 Å². The Morgan fingerprint density at radius 2 is 1.88 bits per heavy atom. The van der Waals surface area contributed by atoms with Gasteiger partial charge in [0, 0.05) is 19.3 Å². The first-order valence-corrected chi connectivity index (χ1v) is 11.9. The van der Waals surface area contributed by atoms with Gasteiger partial charge in [-0.1, -0.05) is 23.2 Å². The molecule has 3 aromatic rings. The molecule has 0 amide bonds. The fourth-order valence-electron chi connectivity index (χ4n) is 3.46. The van der Waals surface area contributed by atoms with Crippen molar-refractivity contribution in [3.05, 3.63) is 22.7 Å². The lowest BCUT2D eigenvalue weighted by Gasteiger charge is -2.30. The molecule has 1 aliphatic heterocycles. The highest BCUT2D eigenvalue weighted by Crippen LogP contribution is 2.30. The van der Waals surface area contributed by atoms with Crippen LogP contribution in [0.25, 0.3) is 11.0 Å². The van der Waals surface area contributed by atoms with E-state index in [1.54, 1.807) is 10.9 Å². The van der Waals surface area contributed by atoms with Gasteiger partial charge in [0.1, 0.15) is 6.54 Å². The summed E-state index contributed by atoms with van der Waals surface area (Å²) < 4.78 is 65.5. The Bertz CT molecular complexity index is 1250. The fraction of sp³-hybridized carbons (Fsp3) is 0.500. The van der Waals surface area contributed by atoms with Crippen molar-refractivity contribution < 1.29 is 21.6 Å². The summed E-state index contributed by atoms with van der Waals surface area (Å²) in [5.41, 5.74) is 0.269. The molecule has 0 unspecified atom stereocenters. The molecular formula is C16H17Cl2F3N8O2S. The smallest absolute Gasteiger partial charge is 0.320 e. The van der Waals surface area contributed by atoms with Crippen LogP contribution in [-0.2, 0) is 16.6 Å². The summed E-state index contributed by atoms with van der Waals surface area (Å²) in [4.78, 5) is 8.16. The first-order chi connectivity index (χ1) is 14.9. The van der Waals surface area contributed by atoms with Crippen LogP contribution in [0.4, 0.5) is 24.8 Å². The number of rotatable bonds is 5. The summed E-state index contributed by atoms with van der Waals surface area (Å²) in [6, 6.07) is -0.0588. The third kappa shape index (κ3) is 4.92. The van der Waals surface area contributed by atoms with E-state index >= 15 is 0 Å². The van der Waals surface area contributed by atoms with Gasteiger partial charge < -0.3 is 5.32 Å². The summed E-state index contributed by atoms with van der Waals surface area (Å²) in [5, 5.41) is 10.9. The van der Waals surface area contributed by atoms with Gasteiger partial charge in [0.05, 0.1) is 29.6 Å². The molecule has 0 aliphatic carbocycles. The highest BCUT2D eigenvalue weighted by molar-refractivity contribution is 7.88. The molecule has 0 spiro atoms. The predicted octanol–water partition coefficient (Wildman–Crippen LogP) is 3.23. The van der Waals surface area contributed by atoms with Crippen molar-refractivity contribution in [2.45, 2.75) is 31.6 Å². The predicted molar refractivity (Wildman–Crippen MR) is 112 cm³/mol. The highest BCUT2D eigenvalue weighted by atomic mass is 35.5. The van der Waals surface area contributed by atoms with Crippen molar-refractivity contribution in [2.24, 2.45) is 0 Å². The molecule has 174 valence electrons. The summed E-state index contributed by atoms with van der Waals surface area (Å²) in [6.07, 6.45) is 0.676. The van der Waals surface area contributed by atoms with Gasteiger partial charge in [0.15, 0.2) is 16.0 Å². The summed E-state index contributed by atoms with van der Waals surface area (Å²) in [7, 11) is -3.24. The van der Waals surface area contributed by atoms with E-state index in [4.69, 9.17) is 23.2 Å². The SMILES string of the molecule is CS(=O)(=O)N1CCC(n2cc(Nc3ncc4c(Cl)nn(CC(F)(F)F)c4n3)c(Cl)n2)CC1. The van der Waals surface area contributed by atoms with E-state index in [1.165, 1.54) is 16.8 Å². The number of anilines is 2. The molecule has 4 heterocycles. The first-order valence-electron chi connectivity index (χ1n) is 9.33. The fourth-order valence-corrected chi connectivity index (χ4v) is 4.74. The van der Waals surface area contributed by atoms with Gasteiger partial charge in [-0.3, -0.25) is 4.68 Å². The lowest BCUT2D eigenvalue weighted by atomic mass is 10.1. The van der Waals surface area contributed by atoms with Crippen molar-refractivity contribution in [3.8, 4) is 0 Å². The standard InChI is InChI=1S/C16H17Cl2F3N8O2S/c1-32(30,31)27-4-2-9(3-5-27)28-7-11(13(18)26-28)23-15-22-6-10-12(17)25-29(14(10)24-15)8-16(19,20)21/h6-7,9H,2-5,8H2,1H3,(H,22,23,24). The average molecular weight is 513 g/mol. The van der Waals surface area contributed by atoms with Crippen molar-refractivity contribution >= 4 is 55.9 Å². The minimum atomic E-state index is -4.50. The number of nitrogens with zero attached hydrogens (tertiary/aromatic N) is 7. The van der Waals surface area contributed by atoms with Gasteiger partial charge in [-0.15, -0.1) is 0 Å². The second kappa shape index (κ2) is 8.32. The van der Waals surface area contributed by atoms with Gasteiger partial charge in [-0.2, -0.15) is 28.4 Å². The zero-order valence-electron chi connectivity index (χ0n) is 16.5. The van der Waals surface area contributed by atoms with Crippen LogP contribution >= 0.6 is 23.2 Å². The summed E-state index contributed by atoms with van der Waals surface area (Å²) in [6.45, 7) is -0.613. The molecule has 3 aromatic heterocycles. The Morgan fingerprint density at radius 3 is 2.50 bits per heavy atom. The normalized spacial score (nSPS) is 16.7. The van der Waals surface area contributed by atoms with Gasteiger partial charge in [-0.05, 0) is 12.8 Å². The number of hydrogen-bond acceptors (Lipinski definition) is 7. The van der Waals surface area contributed by atoms with Crippen LogP contribution in [0.1, 0.15) is 18.9 Å². The van der Waals surface area contributed by atoms with E-state index < -0.39 is 22.7 Å². The van der Waals surface area contributed by atoms with Gasteiger partial charge in [0.25, 0.3) is 0 Å². The van der Waals surface area contributed by atoms with Crippen LogP contribution in [0, 0.1) is 0 Å². The first kappa shape index (κ1) is 23.0. The van der Waals surface area contributed by atoms with Crippen LogP contribution in [0.2, 0.25) is 10.3 Å². The van der Waals surface area contributed by atoms with Crippen LogP contribution in [0.3, 0.4) is 0 Å². The summed E-state index contributed by atoms with van der Waals surface area (Å²) in [5.74, 6) is -0.00848. The van der Waals surface area contributed by atoms with Gasteiger partial charge in [0.2, 0.25) is 16.0 Å². The molecule has 10 nitrogen and oxygen atoms in total. The maximum absolute atomic E-state index is 12.8. The van der Waals surface area contributed by atoms with Crippen LogP contribution in [0.15, 0.2) is 12.4 Å². The molecule has 0 atom stereocenters. The van der Waals surface area contributed by atoms with Crippen molar-refractivity contribution in [1.82, 2.24) is 33.8 Å². The molecule has 0 saturated carbocycles. The quantitative estimate of drug-likeness (QED) is 0.558. The monoisotopic (exact) mass is 512 g/mol. The third-order valence-electron chi connectivity index (χ3n) is 4.97. The zero-order chi connectivity index (χ0) is 23.3. The van der Waals surface area contributed by atoms with E-state index in [0.717, 1.165) is 0 Å². The topological polar surface area (TPSA) is 111 Å². The minimum absolute atomic E-state index is 0.00848. The molecule has 0 bridgehead atoms. The molecule has 1 fully saturated rings. The number of piperidine rings is 1. The molecular weight excluding hydrogens is 496 g/mol. The minimum Gasteiger partial charge on any atom is -0.320 e. The van der Waals surface area contributed by atoms with E-state index in [0.29, 0.717) is 36.3 Å². The Labute approximate surface area is 190 Å². The summed E-state index contributed by atoms with van der Waals surface area (Å²) >= 11 is 12.1. The zero-order valence-corrected chi connectivity index (χ0v) is 18.8. The second-order valence-corrected chi connectivity index (χ2v) is 10.0. The number of hydrogen-bond donors (Lipinski definition) is 1. The Hall–Kier alpha value is -2.16. The number of nitrogens with one attached hydrogen (secondary N) is 1.